The second-order valence-electron chi connectivity index (χ2n) is 6.88. The van der Waals surface area contributed by atoms with Crippen molar-refractivity contribution in [1.82, 2.24) is 9.62 Å². The molecule has 1 N–H and O–H groups in total. The standard InChI is InChI=1S/C17H23N3O6S/c1-3-26-17(21)15-8-14(9-16(11(15)2)20(22)23)27(24,25)19-7-6-12-4-5-13(10-19)18-12/h8-9,12-13,18H,3-7,10H2,1-2H3. The topological polar surface area (TPSA) is 119 Å². The number of nitrogens with zero attached hydrogens (tertiary/aromatic N) is 2. The van der Waals surface area contributed by atoms with E-state index in [1.165, 1.54) is 17.3 Å². The molecule has 1 aromatic rings. The van der Waals surface area contributed by atoms with Gasteiger partial charge in [0.15, 0.2) is 0 Å². The van der Waals surface area contributed by atoms with Crippen LogP contribution in [0, 0.1) is 17.0 Å². The number of carbonyl (C=O) groups excluding carboxylic acids is 1. The molecule has 10 heteroatoms. The van der Waals surface area contributed by atoms with E-state index in [0.29, 0.717) is 25.6 Å². The van der Waals surface area contributed by atoms with Gasteiger partial charge in [-0.15, -0.1) is 0 Å². The first-order valence-electron chi connectivity index (χ1n) is 8.96. The molecule has 2 bridgehead atoms. The minimum atomic E-state index is -3.97. The normalized spacial score (nSPS) is 23.0. The van der Waals surface area contributed by atoms with E-state index in [-0.39, 0.29) is 28.7 Å². The summed E-state index contributed by atoms with van der Waals surface area (Å²) in [4.78, 5) is 22.7. The van der Waals surface area contributed by atoms with E-state index >= 15 is 0 Å². The van der Waals surface area contributed by atoms with Crippen molar-refractivity contribution in [2.45, 2.75) is 50.1 Å². The number of benzene rings is 1. The third-order valence-electron chi connectivity index (χ3n) is 5.17. The second-order valence-corrected chi connectivity index (χ2v) is 8.82. The van der Waals surface area contributed by atoms with Crippen LogP contribution in [0.5, 0.6) is 0 Å². The Labute approximate surface area is 157 Å². The highest BCUT2D eigenvalue weighted by Gasteiger charge is 2.36. The predicted molar refractivity (Wildman–Crippen MR) is 97.1 cm³/mol. The van der Waals surface area contributed by atoms with Gasteiger partial charge in [-0.3, -0.25) is 10.1 Å². The molecule has 3 rings (SSSR count). The third kappa shape index (κ3) is 3.83. The Morgan fingerprint density at radius 1 is 1.33 bits per heavy atom. The van der Waals surface area contributed by atoms with Gasteiger partial charge in [-0.05, 0) is 39.2 Å². The zero-order valence-corrected chi connectivity index (χ0v) is 16.1. The molecule has 2 fully saturated rings. The van der Waals surface area contributed by atoms with Crippen LogP contribution in [0.15, 0.2) is 17.0 Å². The van der Waals surface area contributed by atoms with Crippen molar-refractivity contribution >= 4 is 21.7 Å². The molecule has 2 atom stereocenters. The van der Waals surface area contributed by atoms with Gasteiger partial charge in [0.05, 0.1) is 22.0 Å². The van der Waals surface area contributed by atoms with Crippen LogP contribution in [-0.4, -0.2) is 55.4 Å². The van der Waals surface area contributed by atoms with Gasteiger partial charge in [0.25, 0.3) is 5.69 Å². The Morgan fingerprint density at radius 2 is 2.04 bits per heavy atom. The van der Waals surface area contributed by atoms with Gasteiger partial charge in [-0.1, -0.05) is 0 Å². The van der Waals surface area contributed by atoms with E-state index in [1.807, 2.05) is 0 Å². The zero-order valence-electron chi connectivity index (χ0n) is 15.3. The number of nitrogens with one attached hydrogen (secondary N) is 1. The fraction of sp³-hybridized carbons (Fsp3) is 0.588. The summed E-state index contributed by atoms with van der Waals surface area (Å²) in [6.45, 7) is 3.77. The van der Waals surface area contributed by atoms with Crippen LogP contribution in [0.25, 0.3) is 0 Å². The molecule has 2 heterocycles. The highest BCUT2D eigenvalue weighted by Crippen LogP contribution is 2.30. The van der Waals surface area contributed by atoms with Crippen LogP contribution < -0.4 is 5.32 Å². The highest BCUT2D eigenvalue weighted by molar-refractivity contribution is 7.89. The summed E-state index contributed by atoms with van der Waals surface area (Å²) in [6.07, 6.45) is 2.62. The molecule has 1 aromatic carbocycles. The molecule has 0 amide bonds. The first kappa shape index (κ1) is 19.7. The molecule has 148 valence electrons. The lowest BCUT2D eigenvalue weighted by atomic mass is 10.1. The number of nitro benzene ring substituents is 1. The number of carbonyl (C=O) groups is 1. The van der Waals surface area contributed by atoms with Crippen LogP contribution in [0.4, 0.5) is 5.69 Å². The number of rotatable bonds is 5. The number of ether oxygens (including phenoxy) is 1. The first-order valence-corrected chi connectivity index (χ1v) is 10.4. The highest BCUT2D eigenvalue weighted by atomic mass is 32.2. The fourth-order valence-corrected chi connectivity index (χ4v) is 5.26. The lowest BCUT2D eigenvalue weighted by Gasteiger charge is -2.24. The van der Waals surface area contributed by atoms with Crippen LogP contribution in [-0.2, 0) is 14.8 Å². The Hall–Kier alpha value is -2.04. The van der Waals surface area contributed by atoms with Gasteiger partial charge >= 0.3 is 5.97 Å². The molecule has 0 aliphatic carbocycles. The Balaban J connectivity index is 2.03. The minimum absolute atomic E-state index is 0.0808. The molecule has 0 spiro atoms. The molecule has 0 radical (unpaired) electrons. The molecule has 2 unspecified atom stereocenters. The minimum Gasteiger partial charge on any atom is -0.462 e. The van der Waals surface area contributed by atoms with Gasteiger partial charge < -0.3 is 10.1 Å². The van der Waals surface area contributed by atoms with E-state index in [9.17, 15) is 23.3 Å². The molecule has 2 saturated heterocycles. The van der Waals surface area contributed by atoms with Crippen molar-refractivity contribution in [3.05, 3.63) is 33.4 Å². The third-order valence-corrected chi connectivity index (χ3v) is 7.01. The van der Waals surface area contributed by atoms with Crippen LogP contribution in [0.3, 0.4) is 0 Å². The summed E-state index contributed by atoms with van der Waals surface area (Å²) in [5.74, 6) is -0.772. The second kappa shape index (κ2) is 7.53. The summed E-state index contributed by atoms with van der Waals surface area (Å²) in [6, 6.07) is 2.60. The number of hydrogen-bond donors (Lipinski definition) is 1. The fourth-order valence-electron chi connectivity index (χ4n) is 3.71. The smallest absolute Gasteiger partial charge is 0.338 e. The van der Waals surface area contributed by atoms with Crippen molar-refractivity contribution in [3.8, 4) is 0 Å². The average molecular weight is 397 g/mol. The number of nitro groups is 1. The van der Waals surface area contributed by atoms with Crippen LogP contribution >= 0.6 is 0 Å². The van der Waals surface area contributed by atoms with Crippen LogP contribution in [0.2, 0.25) is 0 Å². The quantitative estimate of drug-likeness (QED) is 0.455. The van der Waals surface area contributed by atoms with E-state index < -0.39 is 26.6 Å². The van der Waals surface area contributed by atoms with E-state index in [1.54, 1.807) is 6.92 Å². The number of hydrogen-bond acceptors (Lipinski definition) is 7. The zero-order chi connectivity index (χ0) is 19.8. The van der Waals surface area contributed by atoms with Crippen molar-refractivity contribution < 1.29 is 22.9 Å². The van der Waals surface area contributed by atoms with Crippen molar-refractivity contribution in [3.63, 3.8) is 0 Å². The lowest BCUT2D eigenvalue weighted by molar-refractivity contribution is -0.385. The number of esters is 1. The Bertz CT molecular complexity index is 870. The molecular formula is C17H23N3O6S. The van der Waals surface area contributed by atoms with Gasteiger partial charge in [0.2, 0.25) is 10.0 Å². The summed E-state index contributed by atoms with van der Waals surface area (Å²) in [7, 11) is -3.97. The molecule has 0 saturated carbocycles. The van der Waals surface area contributed by atoms with Crippen molar-refractivity contribution in [1.29, 1.82) is 0 Å². The summed E-state index contributed by atoms with van der Waals surface area (Å²) in [5, 5.41) is 14.8. The van der Waals surface area contributed by atoms with E-state index in [0.717, 1.165) is 18.9 Å². The predicted octanol–water partition coefficient (Wildman–Crippen LogP) is 1.59. The van der Waals surface area contributed by atoms with Gasteiger partial charge in [0.1, 0.15) is 0 Å². The molecule has 2 aliphatic heterocycles. The Morgan fingerprint density at radius 3 is 2.70 bits per heavy atom. The Kier molecular flexibility index (Phi) is 5.50. The molecule has 9 nitrogen and oxygen atoms in total. The monoisotopic (exact) mass is 397 g/mol. The number of fused-ring (bicyclic) bond motifs is 2. The maximum absolute atomic E-state index is 13.2. The largest absolute Gasteiger partial charge is 0.462 e. The van der Waals surface area contributed by atoms with E-state index in [2.05, 4.69) is 5.32 Å². The number of sulfonamides is 1. The summed E-state index contributed by atoms with van der Waals surface area (Å²) in [5.41, 5.74) is -0.415. The first-order chi connectivity index (χ1) is 12.7. The molecular weight excluding hydrogens is 374 g/mol. The lowest BCUT2D eigenvalue weighted by Crippen LogP contribution is -2.39. The van der Waals surface area contributed by atoms with Crippen molar-refractivity contribution in [2.24, 2.45) is 0 Å². The molecule has 27 heavy (non-hydrogen) atoms. The van der Waals surface area contributed by atoms with Gasteiger partial charge in [0, 0.05) is 36.8 Å². The van der Waals surface area contributed by atoms with Crippen LogP contribution in [0.1, 0.15) is 42.1 Å². The van der Waals surface area contributed by atoms with E-state index in [4.69, 9.17) is 4.74 Å². The SMILES string of the molecule is CCOC(=O)c1cc(S(=O)(=O)N2CCC3CCC(C2)N3)cc([N+](=O)[O-])c1C. The molecule has 2 aliphatic rings. The summed E-state index contributed by atoms with van der Waals surface area (Å²) >= 11 is 0. The van der Waals surface area contributed by atoms with Crippen molar-refractivity contribution in [2.75, 3.05) is 19.7 Å². The molecule has 0 aromatic heterocycles. The average Bonchev–Trinajstić information content (AvgIpc) is 2.92. The maximum Gasteiger partial charge on any atom is 0.338 e. The van der Waals surface area contributed by atoms with Gasteiger partial charge in [-0.2, -0.15) is 4.31 Å². The maximum atomic E-state index is 13.2. The van der Waals surface area contributed by atoms with Gasteiger partial charge in [-0.25, -0.2) is 13.2 Å². The summed E-state index contributed by atoms with van der Waals surface area (Å²) < 4.78 is 32.6.